The van der Waals surface area contributed by atoms with Crippen LogP contribution in [-0.2, 0) is 4.74 Å². The number of nitrogen functional groups attached to an aromatic ring is 1. The van der Waals surface area contributed by atoms with Crippen molar-refractivity contribution in [3.8, 4) is 0 Å². The number of carbonyl (C=O) groups excluding carboxylic acids is 1. The minimum atomic E-state index is -1.08. The third kappa shape index (κ3) is 5.02. The summed E-state index contributed by atoms with van der Waals surface area (Å²) in [5.74, 6) is 1.38. The van der Waals surface area contributed by atoms with Crippen molar-refractivity contribution in [2.45, 2.75) is 64.3 Å². The van der Waals surface area contributed by atoms with E-state index in [1.165, 1.54) is 51.4 Å². The number of carbonyl (C=O) groups is 1. The highest BCUT2D eigenvalue weighted by Gasteiger charge is 2.26. The first kappa shape index (κ1) is 20.2. The molecule has 0 saturated heterocycles. The van der Waals surface area contributed by atoms with Crippen molar-refractivity contribution >= 4 is 29.3 Å². The van der Waals surface area contributed by atoms with Gasteiger partial charge in [0.05, 0.1) is 0 Å². The van der Waals surface area contributed by atoms with E-state index in [1.54, 1.807) is 0 Å². The van der Waals surface area contributed by atoms with Gasteiger partial charge in [-0.05, 0) is 44.4 Å². The van der Waals surface area contributed by atoms with Gasteiger partial charge in [0.2, 0.25) is 5.82 Å². The van der Waals surface area contributed by atoms with Crippen LogP contribution in [0.5, 0.6) is 0 Å². The largest absolute Gasteiger partial charge is 0.411 e. The number of amides is 1. The molecule has 9 heteroatoms. The fourth-order valence-corrected chi connectivity index (χ4v) is 3.92. The lowest BCUT2D eigenvalue weighted by molar-refractivity contribution is 0.207. The molecule has 154 valence electrons. The number of anilines is 3. The van der Waals surface area contributed by atoms with Crippen LogP contribution < -0.4 is 22.1 Å². The van der Waals surface area contributed by atoms with Gasteiger partial charge in [-0.1, -0.05) is 25.7 Å². The van der Waals surface area contributed by atoms with Crippen molar-refractivity contribution in [1.82, 2.24) is 9.97 Å². The zero-order valence-corrected chi connectivity index (χ0v) is 16.5. The standard InChI is InChI=1S/C19H31N7O2/c1-11(13-8-5-9-13)24-17-14(23-10-12-6-3-2-4-7-12)15(20)25-18(26-17)16(21)28-19(22)27/h11-13,21,23H,2-10H2,1H3,(H2,22,27)(H3,20,24,25,26). The van der Waals surface area contributed by atoms with Crippen LogP contribution >= 0.6 is 0 Å². The molecular weight excluding hydrogens is 358 g/mol. The van der Waals surface area contributed by atoms with Gasteiger partial charge >= 0.3 is 6.09 Å². The molecule has 7 N–H and O–H groups in total. The topological polar surface area (TPSA) is 152 Å². The van der Waals surface area contributed by atoms with Crippen LogP contribution in [0.1, 0.15) is 64.1 Å². The third-order valence-electron chi connectivity index (χ3n) is 5.86. The highest BCUT2D eigenvalue weighted by atomic mass is 16.6. The van der Waals surface area contributed by atoms with Crippen LogP contribution in [0.3, 0.4) is 0 Å². The molecule has 2 aliphatic carbocycles. The molecular formula is C19H31N7O2. The first-order valence-corrected chi connectivity index (χ1v) is 10.2. The fourth-order valence-electron chi connectivity index (χ4n) is 3.92. The van der Waals surface area contributed by atoms with Gasteiger partial charge < -0.3 is 26.8 Å². The second kappa shape index (κ2) is 9.07. The lowest BCUT2D eigenvalue weighted by Crippen LogP contribution is -2.32. The summed E-state index contributed by atoms with van der Waals surface area (Å²) in [7, 11) is 0. The highest BCUT2D eigenvalue weighted by molar-refractivity contribution is 5.96. The molecule has 2 fully saturated rings. The highest BCUT2D eigenvalue weighted by Crippen LogP contribution is 2.34. The zero-order chi connectivity index (χ0) is 20.1. The first-order chi connectivity index (χ1) is 13.4. The number of nitrogens with two attached hydrogens (primary N) is 2. The van der Waals surface area contributed by atoms with E-state index in [2.05, 4.69) is 32.3 Å². The smallest absolute Gasteiger partial charge is 0.388 e. The van der Waals surface area contributed by atoms with Gasteiger partial charge in [0.25, 0.3) is 5.90 Å². The van der Waals surface area contributed by atoms with Crippen LogP contribution in [0.4, 0.5) is 22.1 Å². The number of ether oxygens (including phenoxy) is 1. The molecule has 28 heavy (non-hydrogen) atoms. The van der Waals surface area contributed by atoms with E-state index in [9.17, 15) is 4.79 Å². The molecule has 9 nitrogen and oxygen atoms in total. The van der Waals surface area contributed by atoms with Crippen molar-refractivity contribution in [2.75, 3.05) is 22.9 Å². The lowest BCUT2D eigenvalue weighted by Gasteiger charge is -2.33. The number of rotatable bonds is 7. The minimum absolute atomic E-state index is 0.0668. The van der Waals surface area contributed by atoms with Crippen molar-refractivity contribution in [1.29, 1.82) is 5.41 Å². The van der Waals surface area contributed by atoms with Gasteiger partial charge in [-0.15, -0.1) is 0 Å². The van der Waals surface area contributed by atoms with Crippen LogP contribution in [0, 0.1) is 17.2 Å². The SMILES string of the molecule is CC(Nc1nc(C(=N)OC(N)=O)nc(N)c1NCC1CCCCC1)C1CCC1. The Morgan fingerprint density at radius 1 is 1.21 bits per heavy atom. The van der Waals surface area contributed by atoms with Gasteiger partial charge in [0.15, 0.2) is 11.6 Å². The van der Waals surface area contributed by atoms with E-state index >= 15 is 0 Å². The van der Waals surface area contributed by atoms with Crippen LogP contribution in [0.2, 0.25) is 0 Å². The molecule has 0 aliphatic heterocycles. The number of hydrogen-bond acceptors (Lipinski definition) is 8. The van der Waals surface area contributed by atoms with Gasteiger partial charge in [0, 0.05) is 12.6 Å². The van der Waals surface area contributed by atoms with E-state index in [1.807, 2.05) is 0 Å². The summed E-state index contributed by atoms with van der Waals surface area (Å²) in [5.41, 5.74) is 11.8. The number of primary amides is 1. The van der Waals surface area contributed by atoms with Gasteiger partial charge in [0.1, 0.15) is 5.69 Å². The maximum Gasteiger partial charge on any atom is 0.411 e. The van der Waals surface area contributed by atoms with E-state index in [4.69, 9.17) is 16.9 Å². The molecule has 1 heterocycles. The average molecular weight is 390 g/mol. The summed E-state index contributed by atoms with van der Waals surface area (Å²) in [6, 6.07) is 0.220. The number of nitrogens with one attached hydrogen (secondary N) is 3. The second-order valence-electron chi connectivity index (χ2n) is 7.92. The number of nitrogens with zero attached hydrogens (tertiary/aromatic N) is 2. The van der Waals surface area contributed by atoms with Crippen LogP contribution in [0.25, 0.3) is 0 Å². The summed E-state index contributed by atoms with van der Waals surface area (Å²) < 4.78 is 4.62. The monoisotopic (exact) mass is 389 g/mol. The molecule has 2 saturated carbocycles. The zero-order valence-electron chi connectivity index (χ0n) is 16.5. The Labute approximate surface area is 165 Å². The number of aromatic nitrogens is 2. The van der Waals surface area contributed by atoms with E-state index in [0.29, 0.717) is 23.3 Å². The Morgan fingerprint density at radius 3 is 2.54 bits per heavy atom. The maximum atomic E-state index is 11.0. The molecule has 1 atom stereocenters. The second-order valence-corrected chi connectivity index (χ2v) is 7.92. The molecule has 1 aromatic heterocycles. The van der Waals surface area contributed by atoms with Gasteiger partial charge in [-0.25, -0.2) is 14.8 Å². The van der Waals surface area contributed by atoms with E-state index in [-0.39, 0.29) is 17.7 Å². The predicted molar refractivity (Wildman–Crippen MR) is 109 cm³/mol. The molecule has 0 bridgehead atoms. The fraction of sp³-hybridized carbons (Fsp3) is 0.684. The average Bonchev–Trinajstić information content (AvgIpc) is 2.59. The molecule has 2 aliphatic rings. The lowest BCUT2D eigenvalue weighted by atomic mass is 9.80. The van der Waals surface area contributed by atoms with Gasteiger partial charge in [-0.3, -0.25) is 5.41 Å². The van der Waals surface area contributed by atoms with E-state index in [0.717, 1.165) is 6.54 Å². The van der Waals surface area contributed by atoms with Crippen LogP contribution in [-0.4, -0.2) is 34.5 Å². The summed E-state index contributed by atoms with van der Waals surface area (Å²) in [4.78, 5) is 19.5. The van der Waals surface area contributed by atoms with Gasteiger partial charge in [-0.2, -0.15) is 0 Å². The Hall–Kier alpha value is -2.58. The molecule has 1 amide bonds. The van der Waals surface area contributed by atoms with Crippen LogP contribution in [0.15, 0.2) is 0 Å². The molecule has 0 spiro atoms. The van der Waals surface area contributed by atoms with Crippen molar-refractivity contribution in [3.63, 3.8) is 0 Å². The van der Waals surface area contributed by atoms with Crippen molar-refractivity contribution in [3.05, 3.63) is 5.82 Å². The third-order valence-corrected chi connectivity index (χ3v) is 5.86. The summed E-state index contributed by atoms with van der Waals surface area (Å²) in [6.07, 6.45) is 8.81. The summed E-state index contributed by atoms with van der Waals surface area (Å²) >= 11 is 0. The quantitative estimate of drug-likeness (QED) is 0.355. The molecule has 0 radical (unpaired) electrons. The predicted octanol–water partition coefficient (Wildman–Crippen LogP) is 3.07. The maximum absolute atomic E-state index is 11.0. The summed E-state index contributed by atoms with van der Waals surface area (Å²) in [5, 5.41) is 14.7. The normalized spacial score (nSPS) is 18.8. The number of hydrogen-bond donors (Lipinski definition) is 5. The first-order valence-electron chi connectivity index (χ1n) is 10.2. The molecule has 1 aromatic rings. The van der Waals surface area contributed by atoms with Crippen molar-refractivity contribution < 1.29 is 9.53 Å². The Bertz CT molecular complexity index is 714. The summed E-state index contributed by atoms with van der Waals surface area (Å²) in [6.45, 7) is 2.94. The Morgan fingerprint density at radius 2 is 1.93 bits per heavy atom. The Kier molecular flexibility index (Phi) is 6.53. The van der Waals surface area contributed by atoms with Crippen molar-refractivity contribution in [2.24, 2.45) is 17.6 Å². The molecule has 1 unspecified atom stereocenters. The molecule has 3 rings (SSSR count). The minimum Gasteiger partial charge on any atom is -0.388 e. The van der Waals surface area contributed by atoms with E-state index < -0.39 is 12.0 Å². The molecule has 0 aromatic carbocycles. The Balaban J connectivity index is 1.80.